The maximum atomic E-state index is 11.7. The summed E-state index contributed by atoms with van der Waals surface area (Å²) >= 11 is 0. The Hall–Kier alpha value is -1.55. The van der Waals surface area contributed by atoms with Gasteiger partial charge in [-0.05, 0) is 32.4 Å². The highest BCUT2D eigenvalue weighted by Crippen LogP contribution is 2.11. The molecule has 1 N–H and O–H groups in total. The molecule has 0 heterocycles. The third-order valence-electron chi connectivity index (χ3n) is 2.69. The van der Waals surface area contributed by atoms with E-state index in [1.54, 1.807) is 18.9 Å². The molecule has 0 aliphatic heterocycles. The van der Waals surface area contributed by atoms with Gasteiger partial charge in [0.1, 0.15) is 5.75 Å². The first-order valence-corrected chi connectivity index (χ1v) is 6.10. The van der Waals surface area contributed by atoms with Crippen LogP contribution in [0.3, 0.4) is 0 Å². The zero-order valence-corrected chi connectivity index (χ0v) is 11.2. The molecule has 4 heteroatoms. The molecule has 18 heavy (non-hydrogen) atoms. The number of likely N-dealkylation sites (N-methyl/N-ethyl adjacent to an activating group) is 1. The van der Waals surface area contributed by atoms with Crippen molar-refractivity contribution < 1.29 is 14.6 Å². The number of carbonyl (C=O) groups excluding carboxylic acids is 1. The highest BCUT2D eigenvalue weighted by molar-refractivity contribution is 5.77. The number of hydrogen-bond donors (Lipinski definition) is 1. The lowest BCUT2D eigenvalue weighted by molar-refractivity contribution is -0.132. The first-order chi connectivity index (χ1) is 8.49. The minimum absolute atomic E-state index is 0.0272. The molecule has 4 nitrogen and oxygen atoms in total. The second kappa shape index (κ2) is 7.01. The Labute approximate surface area is 108 Å². The summed E-state index contributed by atoms with van der Waals surface area (Å²) in [5.74, 6) is 0.606. The standard InChI is InChI=1S/C14H21NO3/c1-11-4-6-13(7-5-11)18-10-14(17)15(3)9-8-12(2)16/h4-7,12,16H,8-10H2,1-3H3. The molecule has 1 aromatic rings. The molecule has 1 amide bonds. The van der Waals surface area contributed by atoms with Crippen LogP contribution in [-0.4, -0.2) is 42.2 Å². The fourth-order valence-corrected chi connectivity index (χ4v) is 1.39. The van der Waals surface area contributed by atoms with Gasteiger partial charge < -0.3 is 14.7 Å². The molecule has 0 spiro atoms. The van der Waals surface area contributed by atoms with E-state index in [0.717, 1.165) is 5.56 Å². The molecule has 0 fully saturated rings. The van der Waals surface area contributed by atoms with Gasteiger partial charge in [0.25, 0.3) is 5.91 Å². The summed E-state index contributed by atoms with van der Waals surface area (Å²) in [5.41, 5.74) is 1.16. The Morgan fingerprint density at radius 3 is 2.56 bits per heavy atom. The predicted octanol–water partition coefficient (Wildman–Crippen LogP) is 1.60. The van der Waals surface area contributed by atoms with E-state index in [2.05, 4.69) is 0 Å². The van der Waals surface area contributed by atoms with Crippen molar-refractivity contribution in [2.24, 2.45) is 0 Å². The van der Waals surface area contributed by atoms with Gasteiger partial charge in [-0.1, -0.05) is 17.7 Å². The molecule has 0 saturated carbocycles. The maximum absolute atomic E-state index is 11.7. The highest BCUT2D eigenvalue weighted by atomic mass is 16.5. The Morgan fingerprint density at radius 2 is 2.00 bits per heavy atom. The SMILES string of the molecule is Cc1ccc(OCC(=O)N(C)CCC(C)O)cc1. The molecule has 0 radical (unpaired) electrons. The van der Waals surface area contributed by atoms with Crippen LogP contribution in [0.1, 0.15) is 18.9 Å². The number of aliphatic hydroxyl groups excluding tert-OH is 1. The first kappa shape index (κ1) is 14.5. The number of aliphatic hydroxyl groups is 1. The normalized spacial score (nSPS) is 12.0. The van der Waals surface area contributed by atoms with Crippen molar-refractivity contribution in [2.45, 2.75) is 26.4 Å². The molecule has 0 saturated heterocycles. The van der Waals surface area contributed by atoms with Crippen LogP contribution in [0.15, 0.2) is 24.3 Å². The van der Waals surface area contributed by atoms with Crippen molar-refractivity contribution in [1.82, 2.24) is 4.90 Å². The third-order valence-corrected chi connectivity index (χ3v) is 2.69. The van der Waals surface area contributed by atoms with E-state index in [4.69, 9.17) is 9.84 Å². The number of ether oxygens (including phenoxy) is 1. The number of benzene rings is 1. The van der Waals surface area contributed by atoms with E-state index in [1.807, 2.05) is 31.2 Å². The van der Waals surface area contributed by atoms with Crippen LogP contribution >= 0.6 is 0 Å². The van der Waals surface area contributed by atoms with Gasteiger partial charge in [-0.25, -0.2) is 0 Å². The zero-order chi connectivity index (χ0) is 13.5. The van der Waals surface area contributed by atoms with Crippen LogP contribution in [0.25, 0.3) is 0 Å². The van der Waals surface area contributed by atoms with E-state index >= 15 is 0 Å². The molecular weight excluding hydrogens is 230 g/mol. The molecule has 1 rings (SSSR count). The minimum Gasteiger partial charge on any atom is -0.484 e. The quantitative estimate of drug-likeness (QED) is 0.835. The topological polar surface area (TPSA) is 49.8 Å². The summed E-state index contributed by atoms with van der Waals surface area (Å²) in [6.07, 6.45) is 0.186. The van der Waals surface area contributed by atoms with Crippen LogP contribution in [0.4, 0.5) is 0 Å². The van der Waals surface area contributed by atoms with Gasteiger partial charge in [0.05, 0.1) is 6.10 Å². The fraction of sp³-hybridized carbons (Fsp3) is 0.500. The molecule has 0 aliphatic carbocycles. The van der Waals surface area contributed by atoms with Gasteiger partial charge in [-0.15, -0.1) is 0 Å². The van der Waals surface area contributed by atoms with Crippen molar-refractivity contribution >= 4 is 5.91 Å². The van der Waals surface area contributed by atoms with Gasteiger partial charge in [0, 0.05) is 13.6 Å². The van der Waals surface area contributed by atoms with Crippen LogP contribution in [0.2, 0.25) is 0 Å². The van der Waals surface area contributed by atoms with Gasteiger partial charge in [-0.3, -0.25) is 4.79 Å². The molecule has 0 bridgehead atoms. The van der Waals surface area contributed by atoms with Crippen LogP contribution < -0.4 is 4.74 Å². The minimum atomic E-state index is -0.390. The summed E-state index contributed by atoms with van der Waals surface area (Å²) in [5, 5.41) is 9.15. The molecule has 0 aliphatic rings. The lowest BCUT2D eigenvalue weighted by atomic mass is 10.2. The number of rotatable bonds is 6. The van der Waals surface area contributed by atoms with Crippen molar-refractivity contribution in [3.63, 3.8) is 0 Å². The second-order valence-corrected chi connectivity index (χ2v) is 4.55. The average Bonchev–Trinajstić information content (AvgIpc) is 2.34. The van der Waals surface area contributed by atoms with E-state index in [1.165, 1.54) is 0 Å². The smallest absolute Gasteiger partial charge is 0.260 e. The molecule has 100 valence electrons. The van der Waals surface area contributed by atoms with Gasteiger partial charge in [0.15, 0.2) is 6.61 Å². The third kappa shape index (κ3) is 5.19. The van der Waals surface area contributed by atoms with E-state index < -0.39 is 6.10 Å². The summed E-state index contributed by atoms with van der Waals surface area (Å²) in [4.78, 5) is 13.3. The van der Waals surface area contributed by atoms with Crippen molar-refractivity contribution in [1.29, 1.82) is 0 Å². The van der Waals surface area contributed by atoms with E-state index in [9.17, 15) is 4.79 Å². The van der Waals surface area contributed by atoms with Crippen LogP contribution in [0, 0.1) is 6.92 Å². The molecular formula is C14H21NO3. The van der Waals surface area contributed by atoms with Crippen LogP contribution in [0.5, 0.6) is 5.75 Å². The summed E-state index contributed by atoms with van der Waals surface area (Å²) < 4.78 is 5.40. The van der Waals surface area contributed by atoms with Gasteiger partial charge in [0.2, 0.25) is 0 Å². The number of carbonyl (C=O) groups is 1. The van der Waals surface area contributed by atoms with Crippen molar-refractivity contribution in [2.75, 3.05) is 20.2 Å². The molecule has 0 aromatic heterocycles. The van der Waals surface area contributed by atoms with Gasteiger partial charge >= 0.3 is 0 Å². The highest BCUT2D eigenvalue weighted by Gasteiger charge is 2.10. The van der Waals surface area contributed by atoms with E-state index in [-0.39, 0.29) is 12.5 Å². The zero-order valence-electron chi connectivity index (χ0n) is 11.2. The largest absolute Gasteiger partial charge is 0.484 e. The Morgan fingerprint density at radius 1 is 1.39 bits per heavy atom. The molecule has 1 atom stereocenters. The summed E-state index contributed by atoms with van der Waals surface area (Å²) in [6, 6.07) is 7.57. The van der Waals surface area contributed by atoms with Crippen molar-refractivity contribution in [3.05, 3.63) is 29.8 Å². The molecule has 1 unspecified atom stereocenters. The number of aryl methyl sites for hydroxylation is 1. The predicted molar refractivity (Wildman–Crippen MR) is 70.6 cm³/mol. The number of nitrogens with zero attached hydrogens (tertiary/aromatic N) is 1. The Balaban J connectivity index is 2.34. The first-order valence-electron chi connectivity index (χ1n) is 6.10. The maximum Gasteiger partial charge on any atom is 0.260 e. The van der Waals surface area contributed by atoms with Crippen LogP contribution in [-0.2, 0) is 4.79 Å². The Kier molecular flexibility index (Phi) is 5.65. The lowest BCUT2D eigenvalue weighted by Crippen LogP contribution is -2.33. The summed E-state index contributed by atoms with van der Waals surface area (Å²) in [6.45, 7) is 4.27. The second-order valence-electron chi connectivity index (χ2n) is 4.55. The lowest BCUT2D eigenvalue weighted by Gasteiger charge is -2.18. The van der Waals surface area contributed by atoms with Gasteiger partial charge in [-0.2, -0.15) is 0 Å². The monoisotopic (exact) mass is 251 g/mol. The molecule has 1 aromatic carbocycles. The fourth-order valence-electron chi connectivity index (χ4n) is 1.39. The van der Waals surface area contributed by atoms with E-state index in [0.29, 0.717) is 18.7 Å². The number of amides is 1. The number of hydrogen-bond acceptors (Lipinski definition) is 3. The summed E-state index contributed by atoms with van der Waals surface area (Å²) in [7, 11) is 1.71. The van der Waals surface area contributed by atoms with Crippen molar-refractivity contribution in [3.8, 4) is 5.75 Å². The Bertz CT molecular complexity index is 373. The average molecular weight is 251 g/mol.